The summed E-state index contributed by atoms with van der Waals surface area (Å²) in [4.78, 5) is 29.0. The molecule has 0 aliphatic rings. The van der Waals surface area contributed by atoms with E-state index in [2.05, 4.69) is 15.6 Å². The third-order valence-corrected chi connectivity index (χ3v) is 5.43. The van der Waals surface area contributed by atoms with Gasteiger partial charge in [0.25, 0.3) is 5.91 Å². The van der Waals surface area contributed by atoms with Crippen molar-refractivity contribution in [3.8, 4) is 16.3 Å². The smallest absolute Gasteiger partial charge is 0.267 e. The highest BCUT2D eigenvalue weighted by atomic mass is 32.1. The number of aromatic nitrogens is 1. The van der Waals surface area contributed by atoms with Gasteiger partial charge in [-0.15, -0.1) is 11.3 Å². The van der Waals surface area contributed by atoms with Crippen LogP contribution in [0.3, 0.4) is 0 Å². The van der Waals surface area contributed by atoms with Gasteiger partial charge < -0.3 is 15.4 Å². The van der Waals surface area contributed by atoms with E-state index >= 15 is 0 Å². The van der Waals surface area contributed by atoms with E-state index in [-0.39, 0.29) is 11.8 Å². The van der Waals surface area contributed by atoms with Crippen molar-refractivity contribution in [1.29, 1.82) is 0 Å². The molecule has 2 amide bonds. The van der Waals surface area contributed by atoms with Crippen molar-refractivity contribution in [2.75, 3.05) is 17.7 Å². The fourth-order valence-electron chi connectivity index (χ4n) is 2.38. The first kappa shape index (κ1) is 18.1. The van der Waals surface area contributed by atoms with Crippen LogP contribution in [0.5, 0.6) is 5.75 Å². The van der Waals surface area contributed by atoms with Gasteiger partial charge in [0.2, 0.25) is 5.91 Å². The van der Waals surface area contributed by atoms with E-state index in [0.29, 0.717) is 27.7 Å². The molecule has 2 aromatic heterocycles. The highest BCUT2D eigenvalue weighted by molar-refractivity contribution is 7.17. The number of rotatable bonds is 5. The van der Waals surface area contributed by atoms with E-state index < -0.39 is 0 Å². The Morgan fingerprint density at radius 2 is 2.00 bits per heavy atom. The van der Waals surface area contributed by atoms with E-state index in [1.54, 1.807) is 29.5 Å². The van der Waals surface area contributed by atoms with Crippen LogP contribution in [0.15, 0.2) is 35.0 Å². The number of nitrogens with zero attached hydrogens (tertiary/aromatic N) is 1. The number of nitrogens with one attached hydrogen (secondary N) is 2. The van der Waals surface area contributed by atoms with Gasteiger partial charge in [-0.05, 0) is 36.6 Å². The van der Waals surface area contributed by atoms with Crippen molar-refractivity contribution in [2.24, 2.45) is 0 Å². The molecule has 0 aliphatic heterocycles. The van der Waals surface area contributed by atoms with E-state index in [1.165, 1.54) is 25.4 Å². The quantitative estimate of drug-likeness (QED) is 0.680. The lowest BCUT2D eigenvalue weighted by Crippen LogP contribution is -2.13. The molecule has 3 rings (SSSR count). The molecule has 0 saturated heterocycles. The molecule has 0 bridgehead atoms. The first-order chi connectivity index (χ1) is 12.5. The predicted molar refractivity (Wildman–Crippen MR) is 105 cm³/mol. The second-order valence-corrected chi connectivity index (χ2v) is 7.28. The topological polar surface area (TPSA) is 80.3 Å². The minimum Gasteiger partial charge on any atom is -0.495 e. The highest BCUT2D eigenvalue weighted by Gasteiger charge is 2.18. The number of hydrogen-bond acceptors (Lipinski definition) is 6. The fraction of sp³-hybridized carbons (Fsp3) is 0.167. The molecule has 26 heavy (non-hydrogen) atoms. The molecule has 2 heterocycles. The Hall–Kier alpha value is -2.71. The molecule has 6 nitrogen and oxygen atoms in total. The van der Waals surface area contributed by atoms with Crippen molar-refractivity contribution in [1.82, 2.24) is 4.98 Å². The summed E-state index contributed by atoms with van der Waals surface area (Å²) in [6.45, 7) is 3.24. The average molecular weight is 387 g/mol. The molecule has 0 unspecified atom stereocenters. The van der Waals surface area contributed by atoms with Crippen molar-refractivity contribution >= 4 is 45.9 Å². The summed E-state index contributed by atoms with van der Waals surface area (Å²) in [5.41, 5.74) is 2.74. The Kier molecular flexibility index (Phi) is 5.34. The van der Waals surface area contributed by atoms with Crippen LogP contribution in [0.1, 0.15) is 22.3 Å². The van der Waals surface area contributed by atoms with Gasteiger partial charge in [0, 0.05) is 23.6 Å². The Labute approximate surface area is 158 Å². The molecular formula is C18H17N3O3S2. The van der Waals surface area contributed by atoms with Gasteiger partial charge in [-0.1, -0.05) is 0 Å². The second kappa shape index (κ2) is 7.67. The fourth-order valence-corrected chi connectivity index (χ4v) is 4.06. The van der Waals surface area contributed by atoms with Crippen molar-refractivity contribution in [3.63, 3.8) is 0 Å². The summed E-state index contributed by atoms with van der Waals surface area (Å²) in [5.74, 6) is 0.0542. The lowest BCUT2D eigenvalue weighted by Gasteiger charge is -2.12. The van der Waals surface area contributed by atoms with E-state index in [1.807, 2.05) is 23.8 Å². The maximum Gasteiger partial charge on any atom is 0.267 e. The molecule has 3 aromatic rings. The first-order valence-electron chi connectivity index (χ1n) is 7.75. The predicted octanol–water partition coefficient (Wildman–Crippen LogP) is 4.40. The molecule has 2 N–H and O–H groups in total. The Bertz CT molecular complexity index is 949. The number of carbonyl (C=O) groups is 2. The normalized spacial score (nSPS) is 10.4. The van der Waals surface area contributed by atoms with Crippen LogP contribution in [0, 0.1) is 6.92 Å². The number of ether oxygens (including phenoxy) is 1. The van der Waals surface area contributed by atoms with Crippen molar-refractivity contribution < 1.29 is 14.3 Å². The number of aryl methyl sites for hydroxylation is 1. The summed E-state index contributed by atoms with van der Waals surface area (Å²) < 4.78 is 5.30. The monoisotopic (exact) mass is 387 g/mol. The molecule has 0 atom stereocenters. The molecular weight excluding hydrogens is 370 g/mol. The average Bonchev–Trinajstić information content (AvgIpc) is 3.24. The number of hydrogen-bond donors (Lipinski definition) is 2. The van der Waals surface area contributed by atoms with E-state index in [4.69, 9.17) is 4.74 Å². The minimum atomic E-state index is -0.264. The molecule has 8 heteroatoms. The molecule has 1 aromatic carbocycles. The van der Waals surface area contributed by atoms with Crippen molar-refractivity contribution in [3.05, 3.63) is 45.6 Å². The number of amides is 2. The number of carbonyl (C=O) groups excluding carboxylic acids is 2. The molecule has 0 aliphatic carbocycles. The largest absolute Gasteiger partial charge is 0.495 e. The summed E-state index contributed by atoms with van der Waals surface area (Å²) in [6.07, 6.45) is 0. The maximum atomic E-state index is 12.7. The van der Waals surface area contributed by atoms with Crippen LogP contribution in [0.4, 0.5) is 11.4 Å². The molecule has 0 spiro atoms. The van der Waals surface area contributed by atoms with Gasteiger partial charge in [-0.3, -0.25) is 9.59 Å². The number of thiazole rings is 1. The zero-order valence-corrected chi connectivity index (χ0v) is 16.1. The van der Waals surface area contributed by atoms with Gasteiger partial charge in [-0.25, -0.2) is 4.98 Å². The van der Waals surface area contributed by atoms with Crippen LogP contribution in [-0.2, 0) is 4.79 Å². The lowest BCUT2D eigenvalue weighted by molar-refractivity contribution is -0.114. The van der Waals surface area contributed by atoms with Crippen molar-refractivity contribution in [2.45, 2.75) is 13.8 Å². The summed E-state index contributed by atoms with van der Waals surface area (Å²) in [5, 5.41) is 10.3. The Balaban J connectivity index is 1.87. The summed E-state index contributed by atoms with van der Waals surface area (Å²) in [6, 6.07) is 7.04. The van der Waals surface area contributed by atoms with Gasteiger partial charge in [0.05, 0.1) is 18.5 Å². The number of benzene rings is 1. The third-order valence-electron chi connectivity index (χ3n) is 3.54. The second-order valence-electron chi connectivity index (χ2n) is 5.50. The van der Waals surface area contributed by atoms with Crippen LogP contribution >= 0.6 is 22.7 Å². The lowest BCUT2D eigenvalue weighted by atomic mass is 10.2. The summed E-state index contributed by atoms with van der Waals surface area (Å²) in [7, 11) is 1.52. The minimum absolute atomic E-state index is 0.189. The standard InChI is InChI=1S/C18H17N3O3S2/c1-10-16(26-18(19-10)12-6-7-25-9-12)17(23)21-14-8-13(20-11(2)22)4-5-15(14)24-3/h4-9H,1-3H3,(H,20,22)(H,21,23). The zero-order chi connectivity index (χ0) is 18.7. The number of thiophene rings is 1. The highest BCUT2D eigenvalue weighted by Crippen LogP contribution is 2.32. The molecule has 134 valence electrons. The summed E-state index contributed by atoms with van der Waals surface area (Å²) >= 11 is 2.93. The zero-order valence-electron chi connectivity index (χ0n) is 14.5. The molecule has 0 saturated carbocycles. The maximum absolute atomic E-state index is 12.7. The van der Waals surface area contributed by atoms with E-state index in [9.17, 15) is 9.59 Å². The van der Waals surface area contributed by atoms with Crippen LogP contribution < -0.4 is 15.4 Å². The molecule has 0 radical (unpaired) electrons. The number of anilines is 2. The van der Waals surface area contributed by atoms with Gasteiger partial charge in [0.1, 0.15) is 15.6 Å². The molecule has 0 fully saturated rings. The SMILES string of the molecule is COc1ccc(NC(C)=O)cc1NC(=O)c1sc(-c2ccsc2)nc1C. The van der Waals surface area contributed by atoms with Gasteiger partial charge >= 0.3 is 0 Å². The Morgan fingerprint density at radius 1 is 1.19 bits per heavy atom. The van der Waals surface area contributed by atoms with E-state index in [0.717, 1.165) is 10.6 Å². The van der Waals surface area contributed by atoms with Crippen LogP contribution in [0.25, 0.3) is 10.6 Å². The first-order valence-corrected chi connectivity index (χ1v) is 9.51. The van der Waals surface area contributed by atoms with Gasteiger partial charge in [-0.2, -0.15) is 11.3 Å². The Morgan fingerprint density at radius 3 is 2.65 bits per heavy atom. The number of methoxy groups -OCH3 is 1. The van der Waals surface area contributed by atoms with Crippen LogP contribution in [0.2, 0.25) is 0 Å². The third kappa shape index (κ3) is 3.92. The van der Waals surface area contributed by atoms with Gasteiger partial charge in [0.15, 0.2) is 0 Å². The van der Waals surface area contributed by atoms with Crippen LogP contribution in [-0.4, -0.2) is 23.9 Å².